The molecule has 3 rings (SSSR count). The summed E-state index contributed by atoms with van der Waals surface area (Å²) < 4.78 is 6.07. The molecule has 2 bridgehead atoms. The molecule has 0 amide bonds. The Hall–Kier alpha value is -1.39. The molecule has 132 valence electrons. The lowest BCUT2D eigenvalue weighted by Gasteiger charge is -2.51. The zero-order valence-corrected chi connectivity index (χ0v) is 15.1. The quantitative estimate of drug-likeness (QED) is 0.777. The number of nitrogens with zero attached hydrogens (tertiary/aromatic N) is 2. The van der Waals surface area contributed by atoms with Gasteiger partial charge < -0.3 is 14.5 Å². The topological polar surface area (TPSA) is 32.8 Å². The summed E-state index contributed by atoms with van der Waals surface area (Å²) in [5, 5.41) is 0. The van der Waals surface area contributed by atoms with Gasteiger partial charge in [-0.05, 0) is 45.1 Å². The number of carbonyl (C=O) groups is 1. The molecule has 1 saturated carbocycles. The van der Waals surface area contributed by atoms with Gasteiger partial charge in [-0.1, -0.05) is 32.0 Å². The van der Waals surface area contributed by atoms with Gasteiger partial charge in [0, 0.05) is 31.0 Å². The van der Waals surface area contributed by atoms with Gasteiger partial charge in [-0.2, -0.15) is 0 Å². The Morgan fingerprint density at radius 2 is 1.88 bits per heavy atom. The number of rotatable bonds is 5. The van der Waals surface area contributed by atoms with Crippen LogP contribution < -0.4 is 0 Å². The van der Waals surface area contributed by atoms with Gasteiger partial charge in [0.1, 0.15) is 6.10 Å². The molecule has 1 saturated heterocycles. The third-order valence-electron chi connectivity index (χ3n) is 5.82. The van der Waals surface area contributed by atoms with Crippen LogP contribution in [0.3, 0.4) is 0 Å². The molecule has 0 aromatic heterocycles. The van der Waals surface area contributed by atoms with E-state index in [9.17, 15) is 4.79 Å². The molecule has 0 N–H and O–H groups in total. The van der Waals surface area contributed by atoms with Crippen LogP contribution in [0.2, 0.25) is 0 Å². The summed E-state index contributed by atoms with van der Waals surface area (Å²) in [7, 11) is 2.19. The van der Waals surface area contributed by atoms with Gasteiger partial charge in [0.25, 0.3) is 0 Å². The van der Waals surface area contributed by atoms with Crippen molar-refractivity contribution in [2.24, 2.45) is 11.8 Å². The Balaban J connectivity index is 1.78. The number of fused-ring (bicyclic) bond motifs is 2. The van der Waals surface area contributed by atoms with Gasteiger partial charge in [-0.25, -0.2) is 4.79 Å². The number of piperidine rings is 1. The van der Waals surface area contributed by atoms with E-state index in [1.807, 2.05) is 30.3 Å². The Bertz CT molecular complexity index is 544. The van der Waals surface area contributed by atoms with Gasteiger partial charge >= 0.3 is 5.97 Å². The summed E-state index contributed by atoms with van der Waals surface area (Å²) in [5.41, 5.74) is 0.661. The maximum absolute atomic E-state index is 12.6. The van der Waals surface area contributed by atoms with Crippen LogP contribution >= 0.6 is 0 Å². The Kier molecular flexibility index (Phi) is 5.57. The molecule has 4 nitrogen and oxygen atoms in total. The minimum Gasteiger partial charge on any atom is -0.458 e. The lowest BCUT2D eigenvalue weighted by Crippen LogP contribution is -2.60. The van der Waals surface area contributed by atoms with Crippen molar-refractivity contribution in [3.63, 3.8) is 0 Å². The summed E-state index contributed by atoms with van der Waals surface area (Å²) in [6, 6.07) is 9.92. The molecule has 1 aliphatic carbocycles. The number of likely N-dealkylation sites (tertiary alicyclic amines) is 1. The number of benzene rings is 1. The van der Waals surface area contributed by atoms with Gasteiger partial charge in [0.15, 0.2) is 0 Å². The van der Waals surface area contributed by atoms with Crippen molar-refractivity contribution in [3.8, 4) is 0 Å². The van der Waals surface area contributed by atoms with Crippen molar-refractivity contribution in [2.45, 2.75) is 38.8 Å². The molecule has 4 atom stereocenters. The largest absolute Gasteiger partial charge is 0.458 e. The first-order valence-corrected chi connectivity index (χ1v) is 9.32. The fourth-order valence-corrected chi connectivity index (χ4v) is 4.68. The smallest absolute Gasteiger partial charge is 0.338 e. The second kappa shape index (κ2) is 7.66. The molecule has 1 heterocycles. The fraction of sp³-hybridized carbons (Fsp3) is 0.650. The average Bonchev–Trinajstić information content (AvgIpc) is 2.59. The standard InChI is InChI=1S/C20H30N2O2/c1-4-22(5-2)18-12-11-16-13-21(3)14-17(18)19(16)24-20(23)15-9-7-6-8-10-15/h6-10,16-19H,4-5,11-14H2,1-3H3. The Morgan fingerprint density at radius 3 is 2.54 bits per heavy atom. The number of carbonyl (C=O) groups excluding carboxylic acids is 1. The molecule has 1 aliphatic heterocycles. The molecule has 1 aromatic carbocycles. The van der Waals surface area contributed by atoms with Crippen molar-refractivity contribution in [3.05, 3.63) is 35.9 Å². The molecule has 2 fully saturated rings. The van der Waals surface area contributed by atoms with E-state index in [-0.39, 0.29) is 12.1 Å². The molecule has 0 spiro atoms. The molecule has 2 aliphatic rings. The highest BCUT2D eigenvalue weighted by molar-refractivity contribution is 5.89. The molecule has 24 heavy (non-hydrogen) atoms. The monoisotopic (exact) mass is 330 g/mol. The van der Waals surface area contributed by atoms with Crippen LogP contribution in [0.1, 0.15) is 37.0 Å². The maximum atomic E-state index is 12.6. The first-order valence-electron chi connectivity index (χ1n) is 9.32. The second-order valence-electron chi connectivity index (χ2n) is 7.25. The van der Waals surface area contributed by atoms with E-state index in [4.69, 9.17) is 4.74 Å². The molecular weight excluding hydrogens is 300 g/mol. The SMILES string of the molecule is CCN(CC)C1CCC2CN(C)CC1C2OC(=O)c1ccccc1. The lowest BCUT2D eigenvalue weighted by atomic mass is 9.71. The highest BCUT2D eigenvalue weighted by atomic mass is 16.5. The summed E-state index contributed by atoms with van der Waals surface area (Å²) in [5.74, 6) is 0.712. The van der Waals surface area contributed by atoms with Crippen molar-refractivity contribution in [2.75, 3.05) is 33.2 Å². The van der Waals surface area contributed by atoms with E-state index < -0.39 is 0 Å². The van der Waals surface area contributed by atoms with Crippen molar-refractivity contribution < 1.29 is 9.53 Å². The summed E-state index contributed by atoms with van der Waals surface area (Å²) in [4.78, 5) is 17.6. The van der Waals surface area contributed by atoms with Crippen LogP contribution in [0.5, 0.6) is 0 Å². The number of esters is 1. The first kappa shape index (κ1) is 17.4. The maximum Gasteiger partial charge on any atom is 0.338 e. The van der Waals surface area contributed by atoms with Crippen LogP contribution in [-0.4, -0.2) is 61.1 Å². The number of ether oxygens (including phenoxy) is 1. The van der Waals surface area contributed by atoms with Crippen molar-refractivity contribution in [1.29, 1.82) is 0 Å². The number of hydrogen-bond acceptors (Lipinski definition) is 4. The predicted molar refractivity (Wildman–Crippen MR) is 96.1 cm³/mol. The zero-order chi connectivity index (χ0) is 17.1. The minimum absolute atomic E-state index is 0.0493. The van der Waals surface area contributed by atoms with Gasteiger partial charge in [-0.15, -0.1) is 0 Å². The van der Waals surface area contributed by atoms with Crippen LogP contribution in [-0.2, 0) is 4.74 Å². The van der Waals surface area contributed by atoms with E-state index in [0.29, 0.717) is 23.4 Å². The Labute approximate surface area is 145 Å². The van der Waals surface area contributed by atoms with Crippen LogP contribution in [0.4, 0.5) is 0 Å². The number of hydrogen-bond donors (Lipinski definition) is 0. The van der Waals surface area contributed by atoms with E-state index in [0.717, 1.165) is 32.6 Å². The highest BCUT2D eigenvalue weighted by Gasteiger charge is 2.47. The van der Waals surface area contributed by atoms with Gasteiger partial charge in [0.2, 0.25) is 0 Å². The van der Waals surface area contributed by atoms with E-state index in [1.54, 1.807) is 0 Å². The third-order valence-corrected chi connectivity index (χ3v) is 5.82. The zero-order valence-electron chi connectivity index (χ0n) is 15.1. The van der Waals surface area contributed by atoms with Crippen LogP contribution in [0, 0.1) is 11.8 Å². The normalized spacial score (nSPS) is 30.3. The van der Waals surface area contributed by atoms with E-state index in [1.165, 1.54) is 6.42 Å². The molecule has 4 unspecified atom stereocenters. The molecule has 0 radical (unpaired) electrons. The van der Waals surface area contributed by atoms with Gasteiger partial charge in [-0.3, -0.25) is 0 Å². The molecule has 1 aromatic rings. The van der Waals surface area contributed by atoms with Crippen molar-refractivity contribution >= 4 is 5.97 Å². The van der Waals surface area contributed by atoms with Crippen LogP contribution in [0.25, 0.3) is 0 Å². The van der Waals surface area contributed by atoms with Crippen molar-refractivity contribution in [1.82, 2.24) is 9.80 Å². The van der Waals surface area contributed by atoms with Crippen LogP contribution in [0.15, 0.2) is 30.3 Å². The third kappa shape index (κ3) is 3.50. The summed E-state index contributed by atoms with van der Waals surface area (Å²) >= 11 is 0. The minimum atomic E-state index is -0.166. The van der Waals surface area contributed by atoms with Gasteiger partial charge in [0.05, 0.1) is 5.56 Å². The Morgan fingerprint density at radius 1 is 1.17 bits per heavy atom. The summed E-state index contributed by atoms with van der Waals surface area (Å²) in [6.45, 7) is 8.63. The fourth-order valence-electron chi connectivity index (χ4n) is 4.68. The average molecular weight is 330 g/mol. The predicted octanol–water partition coefficient (Wildman–Crippen LogP) is 2.89. The highest BCUT2D eigenvalue weighted by Crippen LogP contribution is 2.39. The second-order valence-corrected chi connectivity index (χ2v) is 7.25. The lowest BCUT2D eigenvalue weighted by molar-refractivity contribution is -0.0924. The van der Waals surface area contributed by atoms with E-state index in [2.05, 4.69) is 30.7 Å². The molecule has 4 heteroatoms. The summed E-state index contributed by atoms with van der Waals surface area (Å²) in [6.07, 6.45) is 2.42. The molecular formula is C20H30N2O2. The first-order chi connectivity index (χ1) is 11.6. The van der Waals surface area contributed by atoms with E-state index >= 15 is 0 Å².